The fourth-order valence-electron chi connectivity index (χ4n) is 1.83. The van der Waals surface area contributed by atoms with Crippen molar-refractivity contribution in [2.24, 2.45) is 13.0 Å². The molecule has 84 valence electrons. The second kappa shape index (κ2) is 4.79. The molecule has 1 aromatic heterocycles. The molecule has 0 aliphatic heterocycles. The van der Waals surface area contributed by atoms with E-state index in [1.807, 2.05) is 12.4 Å². The van der Waals surface area contributed by atoms with Crippen LogP contribution in [-0.2, 0) is 13.5 Å². The van der Waals surface area contributed by atoms with Gasteiger partial charge in [-0.1, -0.05) is 6.92 Å². The Bertz CT molecular complexity index is 302. The molecule has 1 aliphatic rings. The third-order valence-electron chi connectivity index (χ3n) is 3.10. The fourth-order valence-corrected chi connectivity index (χ4v) is 1.83. The first-order valence-electron chi connectivity index (χ1n) is 5.95. The molecule has 15 heavy (non-hydrogen) atoms. The third kappa shape index (κ3) is 3.34. The molecule has 1 saturated carbocycles. The zero-order chi connectivity index (χ0) is 10.7. The van der Waals surface area contributed by atoms with E-state index < -0.39 is 0 Å². The van der Waals surface area contributed by atoms with E-state index in [0.29, 0.717) is 0 Å². The van der Waals surface area contributed by atoms with Crippen LogP contribution in [-0.4, -0.2) is 22.1 Å². The van der Waals surface area contributed by atoms with Crippen LogP contribution in [0, 0.1) is 5.92 Å². The summed E-state index contributed by atoms with van der Waals surface area (Å²) in [7, 11) is 2.07. The van der Waals surface area contributed by atoms with Crippen LogP contribution in [0.4, 0.5) is 0 Å². The number of rotatable bonds is 6. The third-order valence-corrected chi connectivity index (χ3v) is 3.10. The number of nitrogens with one attached hydrogen (secondary N) is 1. The Morgan fingerprint density at radius 3 is 3.00 bits per heavy atom. The van der Waals surface area contributed by atoms with E-state index in [9.17, 15) is 0 Å². The Morgan fingerprint density at radius 2 is 2.40 bits per heavy atom. The van der Waals surface area contributed by atoms with E-state index in [-0.39, 0.29) is 0 Å². The van der Waals surface area contributed by atoms with Gasteiger partial charge in [0, 0.05) is 31.9 Å². The molecule has 2 rings (SSSR count). The molecule has 3 nitrogen and oxygen atoms in total. The number of aromatic nitrogens is 2. The molecule has 1 fully saturated rings. The first kappa shape index (κ1) is 10.7. The standard InChI is InChI=1S/C12H21N3/c1-10(5-6-13-11-3-4-11)9-12-14-7-8-15(12)2/h7-8,10-11,13H,3-6,9H2,1-2H3. The number of hydrogen-bond donors (Lipinski definition) is 1. The summed E-state index contributed by atoms with van der Waals surface area (Å²) in [4.78, 5) is 4.35. The van der Waals surface area contributed by atoms with Crippen molar-refractivity contribution < 1.29 is 0 Å². The van der Waals surface area contributed by atoms with Gasteiger partial charge in [0.05, 0.1) is 0 Å². The minimum Gasteiger partial charge on any atom is -0.338 e. The van der Waals surface area contributed by atoms with E-state index in [1.54, 1.807) is 0 Å². The number of nitrogens with zero attached hydrogens (tertiary/aromatic N) is 2. The summed E-state index contributed by atoms with van der Waals surface area (Å²) in [5.41, 5.74) is 0. The summed E-state index contributed by atoms with van der Waals surface area (Å²) in [6.45, 7) is 3.47. The van der Waals surface area contributed by atoms with Crippen LogP contribution in [0.15, 0.2) is 12.4 Å². The molecule has 0 spiro atoms. The molecule has 1 aliphatic carbocycles. The van der Waals surface area contributed by atoms with E-state index in [0.717, 1.165) is 24.9 Å². The van der Waals surface area contributed by atoms with Crippen molar-refractivity contribution in [2.45, 2.75) is 38.6 Å². The minimum atomic E-state index is 0.720. The quantitative estimate of drug-likeness (QED) is 0.770. The summed E-state index contributed by atoms with van der Waals surface area (Å²) in [5, 5.41) is 3.55. The van der Waals surface area contributed by atoms with E-state index in [4.69, 9.17) is 0 Å². The maximum absolute atomic E-state index is 4.35. The summed E-state index contributed by atoms with van der Waals surface area (Å²) in [5.74, 6) is 1.92. The molecule has 0 amide bonds. The molecule has 3 heteroatoms. The lowest BCUT2D eigenvalue weighted by Gasteiger charge is -2.11. The maximum Gasteiger partial charge on any atom is 0.108 e. The lowest BCUT2D eigenvalue weighted by molar-refractivity contribution is 0.482. The molecule has 0 radical (unpaired) electrons. The second-order valence-electron chi connectivity index (χ2n) is 4.78. The highest BCUT2D eigenvalue weighted by atomic mass is 15.0. The predicted molar refractivity (Wildman–Crippen MR) is 61.7 cm³/mol. The first-order valence-corrected chi connectivity index (χ1v) is 5.95. The Labute approximate surface area is 91.9 Å². The van der Waals surface area contributed by atoms with Gasteiger partial charge in [0.1, 0.15) is 5.82 Å². The molecule has 1 N–H and O–H groups in total. The van der Waals surface area contributed by atoms with Crippen molar-refractivity contribution in [2.75, 3.05) is 6.54 Å². The second-order valence-corrected chi connectivity index (χ2v) is 4.78. The number of aryl methyl sites for hydroxylation is 1. The largest absolute Gasteiger partial charge is 0.338 e. The minimum absolute atomic E-state index is 0.720. The molecule has 1 aromatic rings. The average molecular weight is 207 g/mol. The zero-order valence-corrected chi connectivity index (χ0v) is 9.74. The van der Waals surface area contributed by atoms with Crippen LogP contribution >= 0.6 is 0 Å². The van der Waals surface area contributed by atoms with Gasteiger partial charge in [-0.2, -0.15) is 0 Å². The summed E-state index contributed by atoms with van der Waals surface area (Å²) in [6, 6.07) is 0.838. The van der Waals surface area contributed by atoms with Gasteiger partial charge in [-0.3, -0.25) is 0 Å². The van der Waals surface area contributed by atoms with Crippen LogP contribution in [0.2, 0.25) is 0 Å². The summed E-state index contributed by atoms with van der Waals surface area (Å²) >= 11 is 0. The maximum atomic E-state index is 4.35. The van der Waals surface area contributed by atoms with E-state index >= 15 is 0 Å². The van der Waals surface area contributed by atoms with Crippen LogP contribution in [0.3, 0.4) is 0 Å². The fraction of sp³-hybridized carbons (Fsp3) is 0.750. The Balaban J connectivity index is 1.67. The Hall–Kier alpha value is -0.830. The number of imidazole rings is 1. The molecule has 0 aromatic carbocycles. The predicted octanol–water partition coefficient (Wildman–Crippen LogP) is 1.74. The van der Waals surface area contributed by atoms with Crippen molar-refractivity contribution in [1.29, 1.82) is 0 Å². The van der Waals surface area contributed by atoms with Crippen molar-refractivity contribution in [1.82, 2.24) is 14.9 Å². The lowest BCUT2D eigenvalue weighted by atomic mass is 10.0. The average Bonchev–Trinajstić information content (AvgIpc) is 2.93. The molecule has 1 unspecified atom stereocenters. The smallest absolute Gasteiger partial charge is 0.108 e. The Morgan fingerprint density at radius 1 is 1.60 bits per heavy atom. The van der Waals surface area contributed by atoms with Gasteiger partial charge in [0.15, 0.2) is 0 Å². The summed E-state index contributed by atoms with van der Waals surface area (Å²) < 4.78 is 2.12. The van der Waals surface area contributed by atoms with Crippen LogP contribution in [0.25, 0.3) is 0 Å². The van der Waals surface area contributed by atoms with Crippen LogP contribution in [0.5, 0.6) is 0 Å². The highest BCUT2D eigenvalue weighted by Crippen LogP contribution is 2.19. The molecular weight excluding hydrogens is 186 g/mol. The van der Waals surface area contributed by atoms with Gasteiger partial charge in [-0.15, -0.1) is 0 Å². The van der Waals surface area contributed by atoms with E-state index in [1.165, 1.54) is 25.1 Å². The highest BCUT2D eigenvalue weighted by molar-refractivity contribution is 4.92. The van der Waals surface area contributed by atoms with Crippen molar-refractivity contribution in [3.05, 3.63) is 18.2 Å². The van der Waals surface area contributed by atoms with Gasteiger partial charge < -0.3 is 9.88 Å². The molecule has 1 atom stereocenters. The van der Waals surface area contributed by atoms with Crippen LogP contribution < -0.4 is 5.32 Å². The van der Waals surface area contributed by atoms with Gasteiger partial charge >= 0.3 is 0 Å². The molecule has 0 saturated heterocycles. The molecule has 0 bridgehead atoms. The summed E-state index contributed by atoms with van der Waals surface area (Å²) in [6.07, 6.45) is 9.01. The SMILES string of the molecule is CC(CCNC1CC1)Cc1nccn1C. The van der Waals surface area contributed by atoms with Gasteiger partial charge in [0.25, 0.3) is 0 Å². The van der Waals surface area contributed by atoms with Gasteiger partial charge in [-0.05, 0) is 31.7 Å². The normalized spacial score (nSPS) is 18.0. The zero-order valence-electron chi connectivity index (χ0n) is 9.74. The van der Waals surface area contributed by atoms with Gasteiger partial charge in [0.2, 0.25) is 0 Å². The van der Waals surface area contributed by atoms with Crippen LogP contribution in [0.1, 0.15) is 32.0 Å². The number of hydrogen-bond acceptors (Lipinski definition) is 2. The van der Waals surface area contributed by atoms with Crippen molar-refractivity contribution in [3.8, 4) is 0 Å². The first-order chi connectivity index (χ1) is 7.25. The monoisotopic (exact) mass is 207 g/mol. The lowest BCUT2D eigenvalue weighted by Crippen LogP contribution is -2.20. The van der Waals surface area contributed by atoms with Gasteiger partial charge in [-0.25, -0.2) is 4.98 Å². The van der Waals surface area contributed by atoms with Crippen molar-refractivity contribution in [3.63, 3.8) is 0 Å². The van der Waals surface area contributed by atoms with E-state index in [2.05, 4.69) is 28.8 Å². The topological polar surface area (TPSA) is 29.9 Å². The molecule has 1 heterocycles. The molecular formula is C12H21N3. The highest BCUT2D eigenvalue weighted by Gasteiger charge is 2.20. The van der Waals surface area contributed by atoms with Crippen molar-refractivity contribution >= 4 is 0 Å². The Kier molecular flexibility index (Phi) is 3.41.